The lowest BCUT2D eigenvalue weighted by molar-refractivity contribution is -0.128. The van der Waals surface area contributed by atoms with Gasteiger partial charge in [-0.25, -0.2) is 18.1 Å². The highest BCUT2D eigenvalue weighted by Crippen LogP contribution is 2.27. The summed E-state index contributed by atoms with van der Waals surface area (Å²) in [5.74, 6) is 0.301. The Balaban J connectivity index is 1.81. The number of nitrogens with zero attached hydrogens (tertiary/aromatic N) is 3. The zero-order chi connectivity index (χ0) is 20.6. The minimum atomic E-state index is -3.05. The molecule has 1 aromatic carbocycles. The van der Waals surface area contributed by atoms with E-state index in [-0.39, 0.29) is 36.2 Å². The summed E-state index contributed by atoms with van der Waals surface area (Å²) in [6.07, 6.45) is 0.544. The minimum absolute atomic E-state index is 0.0904. The molecular formula is C20H29N3O4S. The Hall–Kier alpha value is -1.93. The molecule has 2 saturated heterocycles. The third kappa shape index (κ3) is 4.22. The summed E-state index contributed by atoms with van der Waals surface area (Å²) in [5.41, 5.74) is 1.77. The molecule has 0 N–H and O–H groups in total. The van der Waals surface area contributed by atoms with Crippen LogP contribution in [-0.4, -0.2) is 67.0 Å². The molecule has 0 aliphatic carbocycles. The summed E-state index contributed by atoms with van der Waals surface area (Å²) < 4.78 is 23.9. The van der Waals surface area contributed by atoms with Crippen LogP contribution in [0.4, 0.5) is 10.5 Å². The lowest BCUT2D eigenvalue weighted by Gasteiger charge is -2.32. The van der Waals surface area contributed by atoms with Crippen molar-refractivity contribution in [3.8, 4) is 0 Å². The molecule has 0 saturated carbocycles. The Bertz CT molecular complexity index is 851. The zero-order valence-corrected chi connectivity index (χ0v) is 17.8. The molecule has 2 atom stereocenters. The largest absolute Gasteiger partial charge is 0.333 e. The number of hydrogen-bond donors (Lipinski definition) is 0. The zero-order valence-electron chi connectivity index (χ0n) is 17.0. The van der Waals surface area contributed by atoms with Crippen molar-refractivity contribution in [1.82, 2.24) is 9.80 Å². The van der Waals surface area contributed by atoms with Gasteiger partial charge in [0.15, 0.2) is 9.84 Å². The Labute approximate surface area is 167 Å². The van der Waals surface area contributed by atoms with Gasteiger partial charge in [-0.2, -0.15) is 0 Å². The molecule has 0 spiro atoms. The highest BCUT2D eigenvalue weighted by Gasteiger charge is 2.45. The molecule has 0 bridgehead atoms. The summed E-state index contributed by atoms with van der Waals surface area (Å²) >= 11 is 0. The molecular weight excluding hydrogens is 378 g/mol. The first-order valence-electron chi connectivity index (χ1n) is 9.75. The van der Waals surface area contributed by atoms with Gasteiger partial charge in [-0.15, -0.1) is 0 Å². The quantitative estimate of drug-likeness (QED) is 0.676. The van der Waals surface area contributed by atoms with Crippen molar-refractivity contribution in [1.29, 1.82) is 0 Å². The molecule has 0 aromatic heterocycles. The third-order valence-corrected chi connectivity index (χ3v) is 7.16. The number of imide groups is 1. The molecule has 7 nitrogen and oxygen atoms in total. The lowest BCUT2D eigenvalue weighted by atomic mass is 10.1. The number of benzene rings is 1. The van der Waals surface area contributed by atoms with Crippen LogP contribution in [0.3, 0.4) is 0 Å². The third-order valence-electron chi connectivity index (χ3n) is 5.41. The normalized spacial score (nSPS) is 24.8. The number of carbonyl (C=O) groups excluding carboxylic acids is 2. The number of aryl methyl sites for hydroxylation is 1. The van der Waals surface area contributed by atoms with Crippen molar-refractivity contribution in [3.05, 3.63) is 29.8 Å². The lowest BCUT2D eigenvalue weighted by Crippen LogP contribution is -2.48. The van der Waals surface area contributed by atoms with Crippen LogP contribution >= 0.6 is 0 Å². The molecule has 2 aliphatic rings. The monoisotopic (exact) mass is 407 g/mol. The van der Waals surface area contributed by atoms with Crippen LogP contribution < -0.4 is 4.90 Å². The van der Waals surface area contributed by atoms with Gasteiger partial charge >= 0.3 is 6.03 Å². The van der Waals surface area contributed by atoms with Gasteiger partial charge in [-0.1, -0.05) is 31.5 Å². The fraction of sp³-hybridized carbons (Fsp3) is 0.600. The fourth-order valence-electron chi connectivity index (χ4n) is 3.93. The standard InChI is InChI=1S/C20H29N3O4S/c1-14(2)11-21(18-9-10-28(26,27)12-18)13-22-19(24)16(4)23(20(22)25)17-7-5-15(3)6-8-17/h5-8,14,16,18H,9-13H2,1-4H3. The van der Waals surface area contributed by atoms with E-state index < -0.39 is 15.9 Å². The molecule has 154 valence electrons. The average molecular weight is 408 g/mol. The van der Waals surface area contributed by atoms with Crippen molar-refractivity contribution >= 4 is 27.5 Å². The molecule has 2 unspecified atom stereocenters. The van der Waals surface area contributed by atoms with Crippen LogP contribution in [0, 0.1) is 12.8 Å². The number of urea groups is 1. The van der Waals surface area contributed by atoms with Crippen molar-refractivity contribution < 1.29 is 18.0 Å². The van der Waals surface area contributed by atoms with Crippen molar-refractivity contribution in [3.63, 3.8) is 0 Å². The van der Waals surface area contributed by atoms with Crippen LogP contribution in [0.5, 0.6) is 0 Å². The topological polar surface area (TPSA) is 78.0 Å². The van der Waals surface area contributed by atoms with Crippen LogP contribution in [0.2, 0.25) is 0 Å². The van der Waals surface area contributed by atoms with Crippen LogP contribution in [0.15, 0.2) is 24.3 Å². The Kier molecular flexibility index (Phi) is 5.82. The van der Waals surface area contributed by atoms with E-state index in [1.54, 1.807) is 6.92 Å². The van der Waals surface area contributed by atoms with Crippen molar-refractivity contribution in [2.24, 2.45) is 5.92 Å². The SMILES string of the molecule is Cc1ccc(N2C(=O)N(CN(CC(C)C)C3CCS(=O)(=O)C3)C(=O)C2C)cc1. The molecule has 0 radical (unpaired) electrons. The summed E-state index contributed by atoms with van der Waals surface area (Å²) in [6, 6.07) is 6.43. The van der Waals surface area contributed by atoms with Crippen LogP contribution in [0.25, 0.3) is 0 Å². The van der Waals surface area contributed by atoms with Gasteiger partial charge in [0.1, 0.15) is 6.04 Å². The number of carbonyl (C=O) groups is 2. The number of hydrogen-bond acceptors (Lipinski definition) is 5. The van der Waals surface area contributed by atoms with Gasteiger partial charge in [-0.05, 0) is 38.3 Å². The van der Waals surface area contributed by atoms with E-state index in [9.17, 15) is 18.0 Å². The Morgan fingerprint density at radius 2 is 1.82 bits per heavy atom. The van der Waals surface area contributed by atoms with E-state index in [4.69, 9.17) is 0 Å². The molecule has 28 heavy (non-hydrogen) atoms. The number of anilines is 1. The maximum atomic E-state index is 13.1. The molecule has 1 aromatic rings. The predicted molar refractivity (Wildman–Crippen MR) is 109 cm³/mol. The van der Waals surface area contributed by atoms with E-state index in [0.717, 1.165) is 5.56 Å². The second-order valence-electron chi connectivity index (χ2n) is 8.29. The second kappa shape index (κ2) is 7.83. The maximum absolute atomic E-state index is 13.1. The number of sulfone groups is 1. The van der Waals surface area contributed by atoms with Gasteiger partial charge < -0.3 is 0 Å². The number of amides is 3. The first kappa shape index (κ1) is 20.8. The van der Waals surface area contributed by atoms with Gasteiger partial charge in [0.25, 0.3) is 5.91 Å². The Morgan fingerprint density at radius 3 is 2.36 bits per heavy atom. The van der Waals surface area contributed by atoms with Gasteiger partial charge in [-0.3, -0.25) is 14.6 Å². The van der Waals surface area contributed by atoms with E-state index >= 15 is 0 Å². The van der Waals surface area contributed by atoms with Crippen LogP contribution in [0.1, 0.15) is 32.8 Å². The van der Waals surface area contributed by atoms with Gasteiger partial charge in [0, 0.05) is 18.3 Å². The maximum Gasteiger partial charge on any atom is 0.333 e. The van der Waals surface area contributed by atoms with E-state index in [2.05, 4.69) is 0 Å². The Morgan fingerprint density at radius 1 is 1.18 bits per heavy atom. The number of rotatable bonds is 6. The van der Waals surface area contributed by atoms with E-state index in [1.807, 2.05) is 49.9 Å². The first-order chi connectivity index (χ1) is 13.1. The minimum Gasteiger partial charge on any atom is -0.282 e. The molecule has 2 heterocycles. The fourth-order valence-corrected chi connectivity index (χ4v) is 5.69. The highest BCUT2D eigenvalue weighted by atomic mass is 32.2. The summed E-state index contributed by atoms with van der Waals surface area (Å²) in [5, 5.41) is 0. The van der Waals surface area contributed by atoms with E-state index in [1.165, 1.54) is 9.80 Å². The smallest absolute Gasteiger partial charge is 0.282 e. The summed E-state index contributed by atoms with van der Waals surface area (Å²) in [4.78, 5) is 30.7. The highest BCUT2D eigenvalue weighted by molar-refractivity contribution is 7.91. The molecule has 8 heteroatoms. The van der Waals surface area contributed by atoms with Gasteiger partial charge in [0.2, 0.25) is 0 Å². The molecule has 3 amide bonds. The summed E-state index contributed by atoms with van der Waals surface area (Å²) in [7, 11) is -3.05. The predicted octanol–water partition coefficient (Wildman–Crippen LogP) is 2.25. The molecule has 2 fully saturated rings. The first-order valence-corrected chi connectivity index (χ1v) is 11.6. The molecule has 3 rings (SSSR count). The van der Waals surface area contributed by atoms with Crippen molar-refractivity contribution in [2.45, 2.75) is 46.2 Å². The van der Waals surface area contributed by atoms with Gasteiger partial charge in [0.05, 0.1) is 18.2 Å². The van der Waals surface area contributed by atoms with Crippen molar-refractivity contribution in [2.75, 3.05) is 29.6 Å². The second-order valence-corrected chi connectivity index (χ2v) is 10.5. The van der Waals surface area contributed by atoms with E-state index in [0.29, 0.717) is 24.6 Å². The average Bonchev–Trinajstić information content (AvgIpc) is 3.07. The van der Waals surface area contributed by atoms with Crippen LogP contribution in [-0.2, 0) is 14.6 Å². The molecule has 2 aliphatic heterocycles. The summed E-state index contributed by atoms with van der Waals surface area (Å²) in [6.45, 7) is 8.55.